The van der Waals surface area contributed by atoms with Crippen LogP contribution in [0.1, 0.15) is 39.7 Å². The summed E-state index contributed by atoms with van der Waals surface area (Å²) in [6, 6.07) is 6.13. The molecule has 1 amide bonds. The topological polar surface area (TPSA) is 67.4 Å². The minimum atomic E-state index is -0.261. The first kappa shape index (κ1) is 16.0. The van der Waals surface area contributed by atoms with Crippen LogP contribution in [-0.2, 0) is 17.6 Å². The molecular weight excluding hydrogens is 316 g/mol. The fourth-order valence-electron chi connectivity index (χ4n) is 3.66. The van der Waals surface area contributed by atoms with Crippen LogP contribution in [0.4, 0.5) is 5.82 Å². The van der Waals surface area contributed by atoms with Gasteiger partial charge in [0.15, 0.2) is 0 Å². The number of aromatic nitrogens is 2. The number of anilines is 1. The number of ether oxygens (including phenoxy) is 1. The summed E-state index contributed by atoms with van der Waals surface area (Å²) >= 11 is 0. The molecule has 4 rings (SSSR count). The van der Waals surface area contributed by atoms with Crippen LogP contribution in [0.25, 0.3) is 0 Å². The number of amides is 1. The number of carbonyl (C=O) groups is 1. The van der Waals surface area contributed by atoms with E-state index in [2.05, 4.69) is 27.4 Å². The van der Waals surface area contributed by atoms with Crippen molar-refractivity contribution in [2.24, 2.45) is 0 Å². The monoisotopic (exact) mass is 338 g/mol. The van der Waals surface area contributed by atoms with E-state index in [1.807, 2.05) is 18.0 Å². The Balaban J connectivity index is 1.54. The number of benzene rings is 1. The van der Waals surface area contributed by atoms with Crippen molar-refractivity contribution < 1.29 is 9.53 Å². The highest BCUT2D eigenvalue weighted by Gasteiger charge is 2.29. The third-order valence-electron chi connectivity index (χ3n) is 4.97. The zero-order valence-corrected chi connectivity index (χ0v) is 14.4. The van der Waals surface area contributed by atoms with Gasteiger partial charge in [-0.1, -0.05) is 6.07 Å². The Kier molecular flexibility index (Phi) is 4.36. The number of nitrogens with zero attached hydrogens (tertiary/aromatic N) is 3. The van der Waals surface area contributed by atoms with Gasteiger partial charge in [0.25, 0.3) is 5.91 Å². The van der Waals surface area contributed by atoms with E-state index in [1.165, 1.54) is 17.5 Å². The van der Waals surface area contributed by atoms with Gasteiger partial charge in [0.05, 0.1) is 13.2 Å². The number of fused-ring (bicyclic) bond motifs is 1. The normalized spacial score (nSPS) is 19.6. The summed E-state index contributed by atoms with van der Waals surface area (Å²) in [6.45, 7) is 1.59. The average Bonchev–Trinajstić information content (AvgIpc) is 3.15. The van der Waals surface area contributed by atoms with Crippen LogP contribution in [0.15, 0.2) is 30.6 Å². The van der Waals surface area contributed by atoms with Crippen molar-refractivity contribution in [3.63, 3.8) is 0 Å². The lowest BCUT2D eigenvalue weighted by molar-refractivity contribution is -0.0245. The van der Waals surface area contributed by atoms with Crippen LogP contribution < -0.4 is 5.32 Å². The Morgan fingerprint density at radius 3 is 2.96 bits per heavy atom. The van der Waals surface area contributed by atoms with Crippen LogP contribution in [0.2, 0.25) is 0 Å². The van der Waals surface area contributed by atoms with Gasteiger partial charge >= 0.3 is 0 Å². The van der Waals surface area contributed by atoms with Crippen LogP contribution in [0.5, 0.6) is 0 Å². The van der Waals surface area contributed by atoms with E-state index < -0.39 is 0 Å². The highest BCUT2D eigenvalue weighted by atomic mass is 16.5. The molecule has 0 saturated carbocycles. The van der Waals surface area contributed by atoms with Crippen LogP contribution in [0, 0.1) is 0 Å². The molecule has 1 aliphatic carbocycles. The Morgan fingerprint density at radius 2 is 2.08 bits per heavy atom. The van der Waals surface area contributed by atoms with Gasteiger partial charge in [-0.05, 0) is 42.5 Å². The fraction of sp³-hybridized carbons (Fsp3) is 0.421. The van der Waals surface area contributed by atoms with Gasteiger partial charge in [-0.15, -0.1) is 0 Å². The highest BCUT2D eigenvalue weighted by molar-refractivity contribution is 5.94. The molecule has 1 aromatic heterocycles. The van der Waals surface area contributed by atoms with Gasteiger partial charge in [0, 0.05) is 31.5 Å². The first-order valence-corrected chi connectivity index (χ1v) is 8.77. The van der Waals surface area contributed by atoms with Gasteiger partial charge in [-0.25, -0.2) is 4.98 Å². The molecule has 2 aliphatic rings. The Hall–Kier alpha value is -2.47. The van der Waals surface area contributed by atoms with E-state index in [4.69, 9.17) is 4.74 Å². The van der Waals surface area contributed by atoms with Gasteiger partial charge in [0.1, 0.15) is 17.6 Å². The number of morpholine rings is 1. The van der Waals surface area contributed by atoms with E-state index in [0.717, 1.165) is 24.1 Å². The lowest BCUT2D eigenvalue weighted by Crippen LogP contribution is -2.42. The molecule has 1 aliphatic heterocycles. The predicted octanol–water partition coefficient (Wildman–Crippen LogP) is 2.22. The van der Waals surface area contributed by atoms with E-state index in [1.54, 1.807) is 12.4 Å². The molecule has 1 saturated heterocycles. The van der Waals surface area contributed by atoms with E-state index >= 15 is 0 Å². The summed E-state index contributed by atoms with van der Waals surface area (Å²) in [7, 11) is 1.81. The standard InChI is InChI=1S/C19H22N4O2/c1-20-18-17(21-7-8-22-18)16-12-23(9-10-25-16)19(24)15-6-5-13-3-2-4-14(13)11-15/h5-8,11,16H,2-4,9-10,12H2,1H3,(H,20,22)/t16-/m1/s1. The molecule has 2 aromatic rings. The predicted molar refractivity (Wildman–Crippen MR) is 94.6 cm³/mol. The number of aryl methyl sites for hydroxylation is 2. The Labute approximate surface area is 147 Å². The molecule has 2 heterocycles. The van der Waals surface area contributed by atoms with Crippen molar-refractivity contribution in [1.29, 1.82) is 0 Å². The number of carbonyl (C=O) groups excluding carboxylic acids is 1. The molecule has 1 aromatic carbocycles. The van der Waals surface area contributed by atoms with Gasteiger partial charge in [-0.2, -0.15) is 0 Å². The summed E-state index contributed by atoms with van der Waals surface area (Å²) in [4.78, 5) is 23.5. The van der Waals surface area contributed by atoms with Crippen molar-refractivity contribution in [1.82, 2.24) is 14.9 Å². The van der Waals surface area contributed by atoms with Gasteiger partial charge in [0.2, 0.25) is 0 Å². The van der Waals surface area contributed by atoms with Crippen molar-refractivity contribution in [2.75, 3.05) is 32.1 Å². The minimum absolute atomic E-state index is 0.0675. The zero-order valence-electron chi connectivity index (χ0n) is 14.4. The largest absolute Gasteiger partial charge is 0.372 e. The lowest BCUT2D eigenvalue weighted by atomic mass is 10.0. The van der Waals surface area contributed by atoms with Gasteiger partial charge < -0.3 is 15.0 Å². The molecule has 0 radical (unpaired) electrons. The van der Waals surface area contributed by atoms with Crippen molar-refractivity contribution in [3.8, 4) is 0 Å². The number of rotatable bonds is 3. The Bertz CT molecular complexity index is 793. The Morgan fingerprint density at radius 1 is 1.24 bits per heavy atom. The molecule has 25 heavy (non-hydrogen) atoms. The molecule has 130 valence electrons. The molecule has 0 bridgehead atoms. The first-order chi connectivity index (χ1) is 12.3. The smallest absolute Gasteiger partial charge is 0.254 e. The molecular formula is C19H22N4O2. The van der Waals surface area contributed by atoms with Crippen molar-refractivity contribution in [3.05, 3.63) is 53.0 Å². The molecule has 0 spiro atoms. The van der Waals surface area contributed by atoms with E-state index in [0.29, 0.717) is 25.5 Å². The molecule has 1 fully saturated rings. The fourth-order valence-corrected chi connectivity index (χ4v) is 3.66. The summed E-state index contributed by atoms with van der Waals surface area (Å²) in [6.07, 6.45) is 6.43. The summed E-state index contributed by atoms with van der Waals surface area (Å²) in [5.74, 6) is 0.761. The highest BCUT2D eigenvalue weighted by Crippen LogP contribution is 2.27. The maximum absolute atomic E-state index is 12.9. The SMILES string of the molecule is CNc1nccnc1[C@H]1CN(C(=O)c2ccc3c(c2)CCC3)CCO1. The number of hydrogen-bond acceptors (Lipinski definition) is 5. The summed E-state index contributed by atoms with van der Waals surface area (Å²) in [5, 5.41) is 3.04. The third kappa shape index (κ3) is 3.09. The zero-order chi connectivity index (χ0) is 17.2. The van der Waals surface area contributed by atoms with Crippen LogP contribution in [0.3, 0.4) is 0 Å². The maximum Gasteiger partial charge on any atom is 0.254 e. The number of nitrogens with one attached hydrogen (secondary N) is 1. The van der Waals surface area contributed by atoms with Crippen LogP contribution in [-0.4, -0.2) is 47.5 Å². The molecule has 0 unspecified atom stereocenters. The second kappa shape index (κ2) is 6.80. The van der Waals surface area contributed by atoms with Crippen molar-refractivity contribution in [2.45, 2.75) is 25.4 Å². The molecule has 1 atom stereocenters. The van der Waals surface area contributed by atoms with Gasteiger partial charge in [-0.3, -0.25) is 9.78 Å². The average molecular weight is 338 g/mol. The van der Waals surface area contributed by atoms with Crippen molar-refractivity contribution >= 4 is 11.7 Å². The summed E-state index contributed by atoms with van der Waals surface area (Å²) in [5.41, 5.74) is 4.22. The second-order valence-electron chi connectivity index (χ2n) is 6.49. The quantitative estimate of drug-likeness (QED) is 0.929. The molecule has 1 N–H and O–H groups in total. The lowest BCUT2D eigenvalue weighted by Gasteiger charge is -2.33. The molecule has 6 heteroatoms. The van der Waals surface area contributed by atoms with E-state index in [9.17, 15) is 4.79 Å². The van der Waals surface area contributed by atoms with E-state index in [-0.39, 0.29) is 12.0 Å². The van der Waals surface area contributed by atoms with Crippen LogP contribution >= 0.6 is 0 Å². The summed E-state index contributed by atoms with van der Waals surface area (Å²) < 4.78 is 5.86. The number of hydrogen-bond donors (Lipinski definition) is 1. The minimum Gasteiger partial charge on any atom is -0.372 e. The first-order valence-electron chi connectivity index (χ1n) is 8.77. The second-order valence-corrected chi connectivity index (χ2v) is 6.49. The maximum atomic E-state index is 12.9. The third-order valence-corrected chi connectivity index (χ3v) is 4.97. The molecule has 6 nitrogen and oxygen atoms in total.